The predicted octanol–water partition coefficient (Wildman–Crippen LogP) is 7.44. The summed E-state index contributed by atoms with van der Waals surface area (Å²) in [5.41, 5.74) is 6.14. The summed E-state index contributed by atoms with van der Waals surface area (Å²) in [5.74, 6) is -0.508. The van der Waals surface area contributed by atoms with Gasteiger partial charge in [-0.2, -0.15) is 0 Å². The summed E-state index contributed by atoms with van der Waals surface area (Å²) in [4.78, 5) is 33.6. The molecule has 0 saturated carbocycles. The summed E-state index contributed by atoms with van der Waals surface area (Å²) in [7, 11) is 0. The number of rotatable bonds is 7. The van der Waals surface area contributed by atoms with E-state index < -0.39 is 0 Å². The summed E-state index contributed by atoms with van der Waals surface area (Å²) < 4.78 is 6.51. The van der Waals surface area contributed by atoms with Gasteiger partial charge in [0.15, 0.2) is 0 Å². The van der Waals surface area contributed by atoms with E-state index in [4.69, 9.17) is 4.74 Å². The van der Waals surface area contributed by atoms with Gasteiger partial charge in [0, 0.05) is 17.5 Å². The number of amides is 2. The molecular formula is C38H36N2O4. The lowest BCUT2D eigenvalue weighted by Crippen LogP contribution is -2.35. The van der Waals surface area contributed by atoms with Gasteiger partial charge in [-0.25, -0.2) is 0 Å². The van der Waals surface area contributed by atoms with Crippen molar-refractivity contribution in [3.8, 4) is 5.75 Å². The van der Waals surface area contributed by atoms with Gasteiger partial charge in [0.2, 0.25) is 11.8 Å². The molecule has 4 aromatic rings. The van der Waals surface area contributed by atoms with Gasteiger partial charge < -0.3 is 9.84 Å². The maximum atomic E-state index is 13.9. The Bertz CT molecular complexity index is 1790. The Hall–Kier alpha value is -4.55. The number of imide groups is 1. The first kappa shape index (κ1) is 28.2. The van der Waals surface area contributed by atoms with Gasteiger partial charge in [0.1, 0.15) is 5.75 Å². The van der Waals surface area contributed by atoms with Gasteiger partial charge >= 0.3 is 0 Å². The van der Waals surface area contributed by atoms with Crippen LogP contribution in [0.4, 0.5) is 5.69 Å². The Labute approximate surface area is 257 Å². The third-order valence-electron chi connectivity index (χ3n) is 9.59. The molecule has 6 nitrogen and oxygen atoms in total. The molecule has 0 spiro atoms. The molecule has 222 valence electrons. The summed E-state index contributed by atoms with van der Waals surface area (Å²) in [6, 6.07) is 26.8. The van der Waals surface area contributed by atoms with Gasteiger partial charge in [-0.1, -0.05) is 74.0 Å². The lowest BCUT2D eigenvalue weighted by molar-refractivity contribution is -0.122. The molecule has 1 aliphatic carbocycles. The first-order chi connectivity index (χ1) is 21.4. The zero-order chi connectivity index (χ0) is 30.4. The number of hydrogen-bond donors (Lipinski definition) is 1. The number of carbonyl (C=O) groups is 2. The molecule has 6 heteroatoms. The number of anilines is 1. The third kappa shape index (κ3) is 4.83. The molecule has 44 heavy (non-hydrogen) atoms. The highest BCUT2D eigenvalue weighted by Crippen LogP contribution is 2.52. The zero-order valence-corrected chi connectivity index (χ0v) is 25.0. The maximum absolute atomic E-state index is 13.9. The van der Waals surface area contributed by atoms with Crippen molar-refractivity contribution in [3.05, 3.63) is 114 Å². The van der Waals surface area contributed by atoms with Crippen molar-refractivity contribution in [2.45, 2.75) is 39.2 Å². The summed E-state index contributed by atoms with van der Waals surface area (Å²) in [6.45, 7) is 4.81. The van der Waals surface area contributed by atoms with E-state index in [-0.39, 0.29) is 47.3 Å². The number of phenols is 1. The van der Waals surface area contributed by atoms with Crippen LogP contribution in [0.2, 0.25) is 0 Å². The van der Waals surface area contributed by atoms with Gasteiger partial charge in [-0.3, -0.25) is 19.5 Å². The topological polar surface area (TPSA) is 79.7 Å². The lowest BCUT2D eigenvalue weighted by atomic mass is 9.67. The SMILES string of the molecule is CC(C)C1=C2[C@@H](CC/C(=C/c3ccc(O)c4ccccc34)c3ccccn3)OC[C@@H]2[C@@H]2C(=O)N(c3ccccc3)C(=O)[C@@H]2C1. The Morgan fingerprint density at radius 1 is 0.932 bits per heavy atom. The number of aromatic nitrogens is 1. The molecule has 4 atom stereocenters. The molecule has 1 aromatic heterocycles. The van der Waals surface area contributed by atoms with E-state index >= 15 is 0 Å². The monoisotopic (exact) mass is 584 g/mol. The van der Waals surface area contributed by atoms with Crippen LogP contribution in [0.15, 0.2) is 102 Å². The highest BCUT2D eigenvalue weighted by molar-refractivity contribution is 6.22. The van der Waals surface area contributed by atoms with Crippen molar-refractivity contribution in [1.82, 2.24) is 4.98 Å². The Balaban J connectivity index is 1.21. The van der Waals surface area contributed by atoms with Gasteiger partial charge in [0.25, 0.3) is 0 Å². The molecule has 3 aromatic carbocycles. The van der Waals surface area contributed by atoms with Crippen LogP contribution >= 0.6 is 0 Å². The van der Waals surface area contributed by atoms with Crippen LogP contribution in [0, 0.1) is 23.7 Å². The second-order valence-corrected chi connectivity index (χ2v) is 12.4. The molecular weight excluding hydrogens is 548 g/mol. The Morgan fingerprint density at radius 2 is 1.68 bits per heavy atom. The second-order valence-electron chi connectivity index (χ2n) is 12.4. The van der Waals surface area contributed by atoms with E-state index in [1.54, 1.807) is 6.07 Å². The second kappa shape index (κ2) is 11.5. The Morgan fingerprint density at radius 3 is 2.43 bits per heavy atom. The van der Waals surface area contributed by atoms with Crippen molar-refractivity contribution in [2.24, 2.45) is 23.7 Å². The van der Waals surface area contributed by atoms with Crippen molar-refractivity contribution in [1.29, 1.82) is 0 Å². The minimum absolute atomic E-state index is 0.0895. The van der Waals surface area contributed by atoms with Crippen molar-refractivity contribution in [3.63, 3.8) is 0 Å². The molecule has 2 aliphatic heterocycles. The average Bonchev–Trinajstić information content (AvgIpc) is 3.58. The molecule has 7 rings (SSSR count). The van der Waals surface area contributed by atoms with Crippen molar-refractivity contribution in [2.75, 3.05) is 11.5 Å². The smallest absolute Gasteiger partial charge is 0.238 e. The first-order valence-electron chi connectivity index (χ1n) is 15.5. The minimum Gasteiger partial charge on any atom is -0.507 e. The fourth-order valence-electron chi connectivity index (χ4n) is 7.52. The number of phenolic OH excluding ortho intramolecular Hbond substituents is 1. The van der Waals surface area contributed by atoms with Crippen molar-refractivity contribution < 1.29 is 19.4 Å². The highest BCUT2D eigenvalue weighted by Gasteiger charge is 2.57. The van der Waals surface area contributed by atoms with E-state index in [2.05, 4.69) is 24.9 Å². The number of para-hydroxylation sites is 1. The number of benzene rings is 3. The largest absolute Gasteiger partial charge is 0.507 e. The minimum atomic E-state index is -0.389. The average molecular weight is 585 g/mol. The molecule has 2 amide bonds. The number of pyridine rings is 1. The molecule has 1 N–H and O–H groups in total. The summed E-state index contributed by atoms with van der Waals surface area (Å²) in [5, 5.41) is 12.2. The van der Waals surface area contributed by atoms with Gasteiger partial charge in [-0.05, 0) is 83.7 Å². The number of allylic oxidation sites excluding steroid dienone is 2. The number of hydrogen-bond acceptors (Lipinski definition) is 5. The number of carbonyl (C=O) groups excluding carboxylic acids is 2. The number of nitrogens with zero attached hydrogens (tertiary/aromatic N) is 2. The number of ether oxygens (including phenoxy) is 1. The Kier molecular flexibility index (Phi) is 7.39. The highest BCUT2D eigenvalue weighted by atomic mass is 16.5. The fourth-order valence-corrected chi connectivity index (χ4v) is 7.52. The van der Waals surface area contributed by atoms with E-state index in [9.17, 15) is 14.7 Å². The number of aromatic hydroxyl groups is 1. The fraction of sp³-hybridized carbons (Fsp3) is 0.289. The molecule has 3 heterocycles. The standard InChI is InChI=1S/C38H36N2O4/c1-23(2)29-21-30-36(38(43)40(37(30)42)26-10-4-3-5-11-26)31-22-44-34(35(29)31)18-16-25(32-14-8-9-19-39-32)20-24-15-17-33(41)28-13-7-6-12-27(24)28/h3-15,17,19-20,23,30-31,34,36,41H,16,18,21-22H2,1-2H3/b25-20-/t30-,31+,34-,36-/m1/s1. The van der Waals surface area contributed by atoms with Crippen LogP contribution < -0.4 is 4.90 Å². The van der Waals surface area contributed by atoms with Gasteiger partial charge in [-0.15, -0.1) is 0 Å². The molecule has 0 bridgehead atoms. The first-order valence-corrected chi connectivity index (χ1v) is 15.5. The molecule has 2 fully saturated rings. The molecule has 3 aliphatic rings. The van der Waals surface area contributed by atoms with E-state index in [0.29, 0.717) is 18.7 Å². The van der Waals surface area contributed by atoms with E-state index in [1.165, 1.54) is 16.0 Å². The summed E-state index contributed by atoms with van der Waals surface area (Å²) in [6.07, 6.45) is 5.91. The van der Waals surface area contributed by atoms with Gasteiger partial charge in [0.05, 0.1) is 35.9 Å². The molecule has 0 radical (unpaired) electrons. The van der Waals surface area contributed by atoms with Crippen LogP contribution in [-0.2, 0) is 14.3 Å². The van der Waals surface area contributed by atoms with Crippen molar-refractivity contribution >= 4 is 39.9 Å². The normalized spacial score (nSPS) is 23.5. The molecule has 0 unspecified atom stereocenters. The molecule has 2 saturated heterocycles. The summed E-state index contributed by atoms with van der Waals surface area (Å²) >= 11 is 0. The van der Waals surface area contributed by atoms with Crippen LogP contribution in [0.5, 0.6) is 5.75 Å². The predicted molar refractivity (Wildman–Crippen MR) is 173 cm³/mol. The van der Waals surface area contributed by atoms with E-state index in [0.717, 1.165) is 40.4 Å². The zero-order valence-electron chi connectivity index (χ0n) is 25.0. The van der Waals surface area contributed by atoms with Crippen LogP contribution in [-0.4, -0.2) is 34.6 Å². The van der Waals surface area contributed by atoms with E-state index in [1.807, 2.05) is 85.1 Å². The lowest BCUT2D eigenvalue weighted by Gasteiger charge is -2.33. The van der Waals surface area contributed by atoms with Crippen LogP contribution in [0.25, 0.3) is 22.4 Å². The maximum Gasteiger partial charge on any atom is 0.238 e. The quantitative estimate of drug-likeness (QED) is 0.180. The van der Waals surface area contributed by atoms with Crippen LogP contribution in [0.1, 0.15) is 44.4 Å². The van der Waals surface area contributed by atoms with Crippen LogP contribution in [0.3, 0.4) is 0 Å². The third-order valence-corrected chi connectivity index (χ3v) is 9.59. The number of fused-ring (bicyclic) bond motifs is 4.